The summed E-state index contributed by atoms with van der Waals surface area (Å²) in [6.07, 6.45) is 72.1. The lowest BCUT2D eigenvalue weighted by Gasteiger charge is -2.21. The number of unbranched alkanes of at least 4 members (excludes halogenated alkanes) is 57. The largest absolute Gasteiger partial charge is 0.472 e. The molecule has 3 unspecified atom stereocenters. The maximum atomic E-state index is 13.1. The fourth-order valence-electron chi connectivity index (χ4n) is 13.4. The topological polar surface area (TPSA) is 237 Å². The van der Waals surface area contributed by atoms with Crippen molar-refractivity contribution in [3.63, 3.8) is 0 Å². The number of carbonyl (C=O) groups is 4. The third kappa shape index (κ3) is 78.5. The first-order valence-corrected chi connectivity index (χ1v) is 47.7. The molecule has 3 N–H and O–H groups in total. The van der Waals surface area contributed by atoms with Crippen LogP contribution in [0.4, 0.5) is 0 Å². The summed E-state index contributed by atoms with van der Waals surface area (Å²) in [6.45, 7) is 7.39. The van der Waals surface area contributed by atoms with E-state index in [0.29, 0.717) is 25.7 Å². The van der Waals surface area contributed by atoms with E-state index in [2.05, 4.69) is 34.6 Å². The van der Waals surface area contributed by atoms with Gasteiger partial charge in [-0.25, -0.2) is 9.13 Å². The lowest BCUT2D eigenvalue weighted by atomic mass is 9.99. The fraction of sp³-hybridized carbons (Fsp3) is 0.953. The van der Waals surface area contributed by atoms with Crippen LogP contribution >= 0.6 is 15.6 Å². The van der Waals surface area contributed by atoms with Gasteiger partial charge in [-0.2, -0.15) is 0 Å². The van der Waals surface area contributed by atoms with Crippen molar-refractivity contribution < 1.29 is 80.2 Å². The van der Waals surface area contributed by atoms with E-state index in [1.807, 2.05) is 0 Å². The Labute approximate surface area is 645 Å². The Morgan fingerprint density at radius 1 is 0.267 bits per heavy atom. The van der Waals surface area contributed by atoms with Crippen molar-refractivity contribution in [3.8, 4) is 0 Å². The van der Waals surface area contributed by atoms with Gasteiger partial charge in [0.2, 0.25) is 0 Å². The van der Waals surface area contributed by atoms with Gasteiger partial charge in [0.25, 0.3) is 0 Å². The van der Waals surface area contributed by atoms with Gasteiger partial charge in [0.15, 0.2) is 12.2 Å². The Morgan fingerprint density at radius 2 is 0.457 bits per heavy atom. The standard InChI is InChI=1S/C86H168O17P2/c1-6-10-13-16-19-22-25-28-30-32-33-34-35-36-37-39-42-45-51-56-61-66-71-85(90)102-81(75-97-84(89)70-65-60-55-50-44-41-38-31-29-26-23-20-17-14-11-7-2)77-100-104(92,93)98-73-80(87)74-99-105(94,95)101-78-82(76-96-83(88)69-64-59-54-49-43-40-27-24-21-18-15-12-8-3)103-86(91)72-67-62-57-52-47-46-48-53-58-63-68-79(5)9-4/h79-82,87H,6-78H2,1-5H3,(H,92,93)(H,94,95)/t79?,80-,81-,82-/m1/s1. The summed E-state index contributed by atoms with van der Waals surface area (Å²) < 4.78 is 68.9. The molecule has 6 atom stereocenters. The fourth-order valence-corrected chi connectivity index (χ4v) is 15.0. The summed E-state index contributed by atoms with van der Waals surface area (Å²) in [4.78, 5) is 73.2. The van der Waals surface area contributed by atoms with Gasteiger partial charge in [0, 0.05) is 25.7 Å². The molecule has 0 aromatic rings. The van der Waals surface area contributed by atoms with Crippen LogP contribution in [0.1, 0.15) is 465 Å². The molecule has 17 nitrogen and oxygen atoms in total. The van der Waals surface area contributed by atoms with Gasteiger partial charge in [-0.05, 0) is 31.6 Å². The molecule has 0 saturated heterocycles. The van der Waals surface area contributed by atoms with E-state index in [9.17, 15) is 43.2 Å². The highest BCUT2D eigenvalue weighted by atomic mass is 31.2. The zero-order chi connectivity index (χ0) is 76.9. The van der Waals surface area contributed by atoms with E-state index in [0.717, 1.165) is 95.8 Å². The molecule has 0 rings (SSSR count). The van der Waals surface area contributed by atoms with Gasteiger partial charge in [-0.3, -0.25) is 37.3 Å². The molecule has 0 amide bonds. The van der Waals surface area contributed by atoms with Crippen LogP contribution in [0.2, 0.25) is 0 Å². The third-order valence-electron chi connectivity index (χ3n) is 20.6. The average Bonchev–Trinajstić information content (AvgIpc) is 0.918. The summed E-state index contributed by atoms with van der Waals surface area (Å²) in [6, 6.07) is 0. The molecule has 0 aromatic carbocycles. The van der Waals surface area contributed by atoms with Crippen LogP contribution in [0.5, 0.6) is 0 Å². The number of phosphoric ester groups is 2. The summed E-state index contributed by atoms with van der Waals surface area (Å²) in [5.74, 6) is -1.30. The number of carbonyl (C=O) groups excluding carboxylic acids is 4. The van der Waals surface area contributed by atoms with E-state index < -0.39 is 97.5 Å². The molecule has 105 heavy (non-hydrogen) atoms. The molecular formula is C86H168O17P2. The molecule has 19 heteroatoms. The van der Waals surface area contributed by atoms with Crippen molar-refractivity contribution in [3.05, 3.63) is 0 Å². The molecule has 0 aliphatic heterocycles. The number of hydrogen-bond donors (Lipinski definition) is 3. The van der Waals surface area contributed by atoms with Crippen LogP contribution in [0.15, 0.2) is 0 Å². The Balaban J connectivity index is 5.24. The first-order chi connectivity index (χ1) is 51.1. The number of phosphoric acid groups is 2. The number of esters is 4. The minimum atomic E-state index is -4.97. The Hall–Kier alpha value is -1.94. The SMILES string of the molecule is CCCCCCCCCCCCCCCCCCCCCCCCC(=O)O[C@H](COC(=O)CCCCCCCCCCCCCCCCCC)COP(=O)(O)OC[C@@H](O)COP(=O)(O)OC[C@@H](COC(=O)CCCCCCCCCCCCCCC)OC(=O)CCCCCCCCCCCCC(C)CC. The predicted octanol–water partition coefficient (Wildman–Crippen LogP) is 26.4. The zero-order valence-corrected chi connectivity index (χ0v) is 70.7. The van der Waals surface area contributed by atoms with Gasteiger partial charge in [0.05, 0.1) is 26.4 Å². The van der Waals surface area contributed by atoms with Crippen LogP contribution in [0.3, 0.4) is 0 Å². The van der Waals surface area contributed by atoms with Crippen molar-refractivity contribution in [2.45, 2.75) is 483 Å². The lowest BCUT2D eigenvalue weighted by Crippen LogP contribution is -2.30. The molecule has 0 spiro atoms. The quantitative estimate of drug-likeness (QED) is 0.0222. The normalized spacial score (nSPS) is 14.0. The van der Waals surface area contributed by atoms with Gasteiger partial charge < -0.3 is 33.8 Å². The molecule has 0 saturated carbocycles. The number of aliphatic hydroxyl groups is 1. The van der Waals surface area contributed by atoms with Crippen LogP contribution in [-0.2, 0) is 65.4 Å². The maximum Gasteiger partial charge on any atom is 0.472 e. The monoisotopic (exact) mass is 1540 g/mol. The Morgan fingerprint density at radius 3 is 0.676 bits per heavy atom. The minimum absolute atomic E-state index is 0.107. The zero-order valence-electron chi connectivity index (χ0n) is 68.9. The molecular weight excluding hydrogens is 1370 g/mol. The van der Waals surface area contributed by atoms with Gasteiger partial charge in [0.1, 0.15) is 19.3 Å². The van der Waals surface area contributed by atoms with E-state index in [4.69, 9.17) is 37.0 Å². The van der Waals surface area contributed by atoms with Crippen LogP contribution < -0.4 is 0 Å². The van der Waals surface area contributed by atoms with Crippen molar-refractivity contribution in [1.82, 2.24) is 0 Å². The summed E-state index contributed by atoms with van der Waals surface area (Å²) in [7, 11) is -9.93. The molecule has 0 aliphatic carbocycles. The summed E-state index contributed by atoms with van der Waals surface area (Å²) in [5, 5.41) is 10.7. The van der Waals surface area contributed by atoms with E-state index in [1.165, 1.54) is 289 Å². The third-order valence-corrected chi connectivity index (χ3v) is 22.5. The van der Waals surface area contributed by atoms with E-state index in [-0.39, 0.29) is 25.7 Å². The number of ether oxygens (including phenoxy) is 4. The molecule has 624 valence electrons. The molecule has 0 fully saturated rings. The summed E-state index contributed by atoms with van der Waals surface area (Å²) in [5.41, 5.74) is 0. The smallest absolute Gasteiger partial charge is 0.462 e. The lowest BCUT2D eigenvalue weighted by molar-refractivity contribution is -0.161. The molecule has 0 bridgehead atoms. The first-order valence-electron chi connectivity index (χ1n) is 44.7. The number of hydrogen-bond acceptors (Lipinski definition) is 15. The molecule has 0 radical (unpaired) electrons. The van der Waals surface area contributed by atoms with E-state index >= 15 is 0 Å². The predicted molar refractivity (Wildman–Crippen MR) is 432 cm³/mol. The van der Waals surface area contributed by atoms with Crippen molar-refractivity contribution >= 4 is 39.5 Å². The molecule has 0 heterocycles. The van der Waals surface area contributed by atoms with E-state index in [1.54, 1.807) is 0 Å². The number of aliphatic hydroxyl groups excluding tert-OH is 1. The Bertz CT molecular complexity index is 2000. The highest BCUT2D eigenvalue weighted by molar-refractivity contribution is 7.47. The van der Waals surface area contributed by atoms with Crippen molar-refractivity contribution in [1.29, 1.82) is 0 Å². The van der Waals surface area contributed by atoms with Gasteiger partial charge in [-0.1, -0.05) is 413 Å². The van der Waals surface area contributed by atoms with Gasteiger partial charge >= 0.3 is 39.5 Å². The second-order valence-electron chi connectivity index (χ2n) is 31.2. The van der Waals surface area contributed by atoms with Gasteiger partial charge in [-0.15, -0.1) is 0 Å². The van der Waals surface area contributed by atoms with Crippen LogP contribution in [0.25, 0.3) is 0 Å². The minimum Gasteiger partial charge on any atom is -0.462 e. The number of rotatable bonds is 86. The molecule has 0 aromatic heterocycles. The van der Waals surface area contributed by atoms with Crippen LogP contribution in [0, 0.1) is 5.92 Å². The first kappa shape index (κ1) is 103. The van der Waals surface area contributed by atoms with Crippen molar-refractivity contribution in [2.24, 2.45) is 5.92 Å². The highest BCUT2D eigenvalue weighted by Gasteiger charge is 2.30. The molecule has 0 aliphatic rings. The average molecular weight is 1540 g/mol. The van der Waals surface area contributed by atoms with Crippen LogP contribution in [-0.4, -0.2) is 96.7 Å². The summed E-state index contributed by atoms with van der Waals surface area (Å²) >= 11 is 0. The Kier molecular flexibility index (Phi) is 77.3. The van der Waals surface area contributed by atoms with Crippen molar-refractivity contribution in [2.75, 3.05) is 39.6 Å². The highest BCUT2D eigenvalue weighted by Crippen LogP contribution is 2.45. The maximum absolute atomic E-state index is 13.1. The second-order valence-corrected chi connectivity index (χ2v) is 34.1. The second kappa shape index (κ2) is 78.7.